The molecule has 0 bridgehead atoms. The minimum Gasteiger partial charge on any atom is -0.462 e. The van der Waals surface area contributed by atoms with Crippen LogP contribution in [0.3, 0.4) is 0 Å². The monoisotopic (exact) mass is 525 g/mol. The van der Waals surface area contributed by atoms with Crippen molar-refractivity contribution in [1.82, 2.24) is 9.55 Å². The number of carbonyl (C=O) groups is 2. The summed E-state index contributed by atoms with van der Waals surface area (Å²) in [4.78, 5) is 43.7. The van der Waals surface area contributed by atoms with Crippen molar-refractivity contribution < 1.29 is 14.3 Å². The number of aromatic nitrogens is 2. The van der Waals surface area contributed by atoms with E-state index in [0.717, 1.165) is 20.5 Å². The van der Waals surface area contributed by atoms with Crippen LogP contribution in [-0.2, 0) is 16.1 Å². The highest BCUT2D eigenvalue weighted by molar-refractivity contribution is 9.10. The third-order valence-electron chi connectivity index (χ3n) is 4.98. The van der Waals surface area contributed by atoms with E-state index in [0.29, 0.717) is 21.5 Å². The number of esters is 1. The smallest absolute Gasteiger partial charge is 0.338 e. The number of fused-ring (bicyclic) bond motifs is 1. The van der Waals surface area contributed by atoms with Gasteiger partial charge in [-0.1, -0.05) is 28.1 Å². The van der Waals surface area contributed by atoms with Crippen LogP contribution < -0.4 is 10.9 Å². The molecule has 0 spiro atoms. The minimum absolute atomic E-state index is 0.184. The summed E-state index contributed by atoms with van der Waals surface area (Å²) < 4.78 is 7.21. The number of nitrogens with one attached hydrogen (secondary N) is 1. The van der Waals surface area contributed by atoms with E-state index in [4.69, 9.17) is 4.74 Å². The molecule has 2 heterocycles. The largest absolute Gasteiger partial charge is 0.462 e. The van der Waals surface area contributed by atoms with E-state index in [9.17, 15) is 14.4 Å². The molecule has 33 heavy (non-hydrogen) atoms. The third kappa shape index (κ3) is 4.89. The molecule has 9 heteroatoms. The maximum Gasteiger partial charge on any atom is 0.338 e. The fourth-order valence-corrected chi connectivity index (χ4v) is 4.74. The summed E-state index contributed by atoms with van der Waals surface area (Å²) in [6.07, 6.45) is 1.40. The lowest BCUT2D eigenvalue weighted by molar-refractivity contribution is -0.116. The topological polar surface area (TPSA) is 90.3 Å². The zero-order valence-electron chi connectivity index (χ0n) is 17.9. The number of aryl methyl sites for hydroxylation is 1. The van der Waals surface area contributed by atoms with E-state index in [1.54, 1.807) is 31.2 Å². The first-order chi connectivity index (χ1) is 15.9. The predicted molar refractivity (Wildman–Crippen MR) is 133 cm³/mol. The molecule has 0 fully saturated rings. The van der Waals surface area contributed by atoms with Gasteiger partial charge in [-0.3, -0.25) is 14.2 Å². The Balaban J connectivity index is 1.58. The number of rotatable bonds is 6. The average Bonchev–Trinajstić information content (AvgIpc) is 3.13. The molecule has 0 saturated carbocycles. The second-order valence-corrected chi connectivity index (χ2v) is 9.36. The Labute approximate surface area is 202 Å². The highest BCUT2D eigenvalue weighted by Crippen LogP contribution is 2.35. The quantitative estimate of drug-likeness (QED) is 0.357. The number of thiophene rings is 1. The van der Waals surface area contributed by atoms with Crippen molar-refractivity contribution in [3.63, 3.8) is 0 Å². The lowest BCUT2D eigenvalue weighted by Gasteiger charge is -2.09. The number of hydrogen-bond donors (Lipinski definition) is 1. The predicted octanol–water partition coefficient (Wildman–Crippen LogP) is 5.01. The molecule has 2 aromatic heterocycles. The Morgan fingerprint density at radius 2 is 1.82 bits per heavy atom. The van der Waals surface area contributed by atoms with Gasteiger partial charge in [-0.15, -0.1) is 11.3 Å². The Morgan fingerprint density at radius 3 is 2.48 bits per heavy atom. The summed E-state index contributed by atoms with van der Waals surface area (Å²) in [7, 11) is 0. The first-order valence-electron chi connectivity index (χ1n) is 10.2. The summed E-state index contributed by atoms with van der Waals surface area (Å²) >= 11 is 4.89. The molecule has 0 radical (unpaired) electrons. The number of amides is 1. The van der Waals surface area contributed by atoms with E-state index in [1.807, 2.05) is 31.2 Å². The van der Waals surface area contributed by atoms with Crippen molar-refractivity contribution in [2.45, 2.75) is 20.4 Å². The van der Waals surface area contributed by atoms with Crippen LogP contribution in [0.15, 0.2) is 64.1 Å². The van der Waals surface area contributed by atoms with Crippen LogP contribution >= 0.6 is 27.3 Å². The van der Waals surface area contributed by atoms with E-state index >= 15 is 0 Å². The molecular formula is C24H20BrN3O4S. The number of nitrogens with zero attached hydrogens (tertiary/aromatic N) is 2. The van der Waals surface area contributed by atoms with Crippen molar-refractivity contribution in [2.75, 3.05) is 11.9 Å². The maximum atomic E-state index is 13.3. The molecule has 168 valence electrons. The van der Waals surface area contributed by atoms with Gasteiger partial charge in [-0.2, -0.15) is 0 Å². The van der Waals surface area contributed by atoms with Gasteiger partial charge in [0.05, 0.1) is 23.9 Å². The van der Waals surface area contributed by atoms with Crippen molar-refractivity contribution in [1.29, 1.82) is 0 Å². The summed E-state index contributed by atoms with van der Waals surface area (Å²) in [5.41, 5.74) is 2.40. The minimum atomic E-state index is -0.422. The first kappa shape index (κ1) is 22.9. The van der Waals surface area contributed by atoms with Crippen LogP contribution in [0, 0.1) is 6.92 Å². The first-order valence-corrected chi connectivity index (χ1v) is 11.8. The maximum absolute atomic E-state index is 13.3. The molecule has 0 aliphatic carbocycles. The van der Waals surface area contributed by atoms with Crippen LogP contribution in [-0.4, -0.2) is 28.0 Å². The van der Waals surface area contributed by atoms with E-state index in [2.05, 4.69) is 26.2 Å². The summed E-state index contributed by atoms with van der Waals surface area (Å²) in [5, 5.41) is 3.25. The second kappa shape index (κ2) is 9.68. The molecule has 7 nitrogen and oxygen atoms in total. The van der Waals surface area contributed by atoms with Crippen LogP contribution in [0.5, 0.6) is 0 Å². The van der Waals surface area contributed by atoms with E-state index < -0.39 is 5.97 Å². The highest BCUT2D eigenvalue weighted by atomic mass is 79.9. The van der Waals surface area contributed by atoms with Gasteiger partial charge in [0.25, 0.3) is 5.56 Å². The molecule has 0 saturated heterocycles. The van der Waals surface area contributed by atoms with Gasteiger partial charge >= 0.3 is 5.97 Å². The van der Waals surface area contributed by atoms with E-state index in [-0.39, 0.29) is 24.6 Å². The van der Waals surface area contributed by atoms with Gasteiger partial charge in [0.2, 0.25) is 5.91 Å². The molecule has 2 aromatic carbocycles. The lowest BCUT2D eigenvalue weighted by Crippen LogP contribution is -2.27. The zero-order valence-corrected chi connectivity index (χ0v) is 20.3. The number of anilines is 1. The van der Waals surface area contributed by atoms with Crippen molar-refractivity contribution in [2.24, 2.45) is 0 Å². The van der Waals surface area contributed by atoms with Crippen molar-refractivity contribution >= 4 is 55.0 Å². The average molecular weight is 526 g/mol. The molecule has 0 aliphatic heterocycles. The Bertz CT molecular complexity index is 1390. The normalized spacial score (nSPS) is 10.9. The molecule has 0 atom stereocenters. The SMILES string of the molecule is CCOC(=O)c1ccc(NC(=O)Cn2cnc3sc(C)c(-c4ccc(Br)cc4)c3c2=O)cc1. The number of carbonyl (C=O) groups excluding carboxylic acids is 2. The van der Waals surface area contributed by atoms with Crippen LogP contribution in [0.1, 0.15) is 22.2 Å². The Morgan fingerprint density at radius 1 is 1.12 bits per heavy atom. The van der Waals surface area contributed by atoms with Gasteiger partial charge in [0.1, 0.15) is 11.4 Å². The molecule has 0 aliphatic rings. The van der Waals surface area contributed by atoms with Gasteiger partial charge in [0, 0.05) is 20.6 Å². The lowest BCUT2D eigenvalue weighted by atomic mass is 10.0. The van der Waals surface area contributed by atoms with E-state index in [1.165, 1.54) is 22.2 Å². The molecule has 1 amide bonds. The van der Waals surface area contributed by atoms with Crippen molar-refractivity contribution in [3.8, 4) is 11.1 Å². The fraction of sp³-hybridized carbons (Fsp3) is 0.167. The number of benzene rings is 2. The Kier molecular flexibility index (Phi) is 6.71. The van der Waals surface area contributed by atoms with Gasteiger partial charge in [-0.05, 0) is 55.8 Å². The van der Waals surface area contributed by atoms with Crippen molar-refractivity contribution in [3.05, 3.63) is 80.1 Å². The highest BCUT2D eigenvalue weighted by Gasteiger charge is 2.18. The summed E-state index contributed by atoms with van der Waals surface area (Å²) in [5.74, 6) is -0.798. The number of ether oxygens (including phenoxy) is 1. The number of hydrogen-bond acceptors (Lipinski definition) is 6. The molecular weight excluding hydrogens is 506 g/mol. The zero-order chi connectivity index (χ0) is 23.5. The molecule has 4 rings (SSSR count). The van der Waals surface area contributed by atoms with Gasteiger partial charge < -0.3 is 10.1 Å². The van der Waals surface area contributed by atoms with Crippen LogP contribution in [0.2, 0.25) is 0 Å². The second-order valence-electron chi connectivity index (χ2n) is 7.24. The third-order valence-corrected chi connectivity index (χ3v) is 6.52. The van der Waals surface area contributed by atoms with Gasteiger partial charge in [0.15, 0.2) is 0 Å². The standard InChI is InChI=1S/C24H20BrN3O4S/c1-3-32-24(31)16-6-10-18(11-7-16)27-19(29)12-28-13-26-22-21(23(28)30)20(14(2)33-22)15-4-8-17(25)9-5-15/h4-11,13H,3,12H2,1-2H3,(H,27,29). The van der Waals surface area contributed by atoms with Crippen LogP contribution in [0.25, 0.3) is 21.3 Å². The summed E-state index contributed by atoms with van der Waals surface area (Å²) in [6.45, 7) is 3.80. The molecule has 4 aromatic rings. The fourth-order valence-electron chi connectivity index (χ4n) is 3.47. The number of halogens is 1. The van der Waals surface area contributed by atoms with Gasteiger partial charge in [-0.25, -0.2) is 9.78 Å². The Hall–Kier alpha value is -3.30. The summed E-state index contributed by atoms with van der Waals surface area (Å²) in [6, 6.07) is 14.1. The molecule has 1 N–H and O–H groups in total. The van der Waals surface area contributed by atoms with Crippen LogP contribution in [0.4, 0.5) is 5.69 Å². The molecule has 0 unspecified atom stereocenters.